The number of benzene rings is 2. The van der Waals surface area contributed by atoms with Crippen LogP contribution in [-0.2, 0) is 46.5 Å². The van der Waals surface area contributed by atoms with Crippen molar-refractivity contribution in [1.29, 1.82) is 0 Å². The van der Waals surface area contributed by atoms with Gasteiger partial charge in [-0.15, -0.1) is 0 Å². The fourth-order valence-electron chi connectivity index (χ4n) is 4.85. The van der Waals surface area contributed by atoms with Gasteiger partial charge in [0.05, 0.1) is 7.11 Å². The third-order valence-electron chi connectivity index (χ3n) is 7.23. The molecular weight excluding hydrogens is 620 g/mol. The molecule has 0 saturated heterocycles. The summed E-state index contributed by atoms with van der Waals surface area (Å²) in [5.41, 5.74) is 1.51. The number of hydrogen-bond acceptors (Lipinski definition) is 8. The molecule has 13 heteroatoms. The first-order valence-corrected chi connectivity index (χ1v) is 16.0. The largest absolute Gasteiger partial charge is 0.481 e. The molecule has 0 radical (unpaired) electrons. The molecule has 0 saturated carbocycles. The summed E-state index contributed by atoms with van der Waals surface area (Å²) in [6, 6.07) is 13.4. The van der Waals surface area contributed by atoms with E-state index in [9.17, 15) is 33.9 Å². The Balaban J connectivity index is 2.25. The monoisotopic (exact) mass is 668 g/mol. The second-order valence-electron chi connectivity index (χ2n) is 12.3. The van der Waals surface area contributed by atoms with Crippen LogP contribution in [-0.4, -0.2) is 72.1 Å². The van der Waals surface area contributed by atoms with E-state index in [1.54, 1.807) is 48.5 Å². The molecule has 4 atom stereocenters. The molecule has 2 aromatic rings. The van der Waals surface area contributed by atoms with Crippen LogP contribution < -0.4 is 21.3 Å². The van der Waals surface area contributed by atoms with E-state index in [2.05, 4.69) is 21.3 Å². The van der Waals surface area contributed by atoms with E-state index in [0.29, 0.717) is 0 Å². The molecule has 2 rings (SSSR count). The van der Waals surface area contributed by atoms with Crippen LogP contribution in [0.1, 0.15) is 64.5 Å². The van der Waals surface area contributed by atoms with Gasteiger partial charge in [-0.3, -0.25) is 19.2 Å². The number of aliphatic carboxylic acids is 1. The van der Waals surface area contributed by atoms with Gasteiger partial charge >= 0.3 is 18.0 Å². The van der Waals surface area contributed by atoms with Gasteiger partial charge < -0.3 is 35.8 Å². The highest BCUT2D eigenvalue weighted by Gasteiger charge is 2.32. The fraction of sp³-hybridized carbons (Fsp3) is 0.486. The lowest BCUT2D eigenvalue weighted by Gasteiger charge is -2.27. The molecule has 0 heterocycles. The van der Waals surface area contributed by atoms with Gasteiger partial charge in [0.15, 0.2) is 0 Å². The Labute approximate surface area is 281 Å². The van der Waals surface area contributed by atoms with Crippen LogP contribution in [0.15, 0.2) is 60.7 Å². The molecule has 0 spiro atoms. The first-order valence-electron chi connectivity index (χ1n) is 16.0. The first kappa shape index (κ1) is 39.2. The van der Waals surface area contributed by atoms with Crippen molar-refractivity contribution in [2.24, 2.45) is 11.8 Å². The number of carbonyl (C=O) groups excluding carboxylic acids is 5. The molecule has 48 heavy (non-hydrogen) atoms. The van der Waals surface area contributed by atoms with Crippen molar-refractivity contribution in [3.8, 4) is 0 Å². The molecule has 0 aliphatic rings. The molecule has 0 aliphatic heterocycles. The minimum absolute atomic E-state index is 0.0140. The highest BCUT2D eigenvalue weighted by Crippen LogP contribution is 2.11. The summed E-state index contributed by atoms with van der Waals surface area (Å²) in [6.07, 6.45) is -1.02. The Bertz CT molecular complexity index is 1350. The number of methoxy groups -OCH3 is 1. The number of carboxylic acids is 1. The number of alkyl carbamates (subject to hydrolysis) is 1. The van der Waals surface area contributed by atoms with Gasteiger partial charge in [-0.2, -0.15) is 0 Å². The number of ether oxygens (including phenoxy) is 2. The number of carbonyl (C=O) groups is 6. The summed E-state index contributed by atoms with van der Waals surface area (Å²) in [7, 11) is 1.19. The summed E-state index contributed by atoms with van der Waals surface area (Å²) in [6.45, 7) is 7.38. The number of carboxylic acid groups (broad SMARTS) is 1. The molecule has 0 fully saturated rings. The zero-order valence-electron chi connectivity index (χ0n) is 28.2. The highest BCUT2D eigenvalue weighted by atomic mass is 16.5. The number of esters is 1. The number of hydrogen-bond donors (Lipinski definition) is 5. The van der Waals surface area contributed by atoms with E-state index < -0.39 is 66.3 Å². The molecule has 0 aliphatic carbocycles. The van der Waals surface area contributed by atoms with Crippen LogP contribution >= 0.6 is 0 Å². The summed E-state index contributed by atoms with van der Waals surface area (Å²) in [5.74, 6) is -4.09. The third kappa shape index (κ3) is 14.7. The SMILES string of the molecule is COC(=O)[C@H](CC(C)C)NC(=O)[C@H](CCC(=O)O)NC(=O)[C@H](CC(C)C)NC(=O)[C@H](Cc1ccccc1)NC(=O)OCc1ccccc1. The van der Waals surface area contributed by atoms with E-state index in [1.165, 1.54) is 7.11 Å². The number of rotatable bonds is 19. The topological polar surface area (TPSA) is 189 Å². The smallest absolute Gasteiger partial charge is 0.408 e. The minimum atomic E-state index is -1.33. The summed E-state index contributed by atoms with van der Waals surface area (Å²) < 4.78 is 10.1. The Morgan fingerprint density at radius 3 is 1.67 bits per heavy atom. The Hall–Kier alpha value is -4.94. The maximum absolute atomic E-state index is 13.7. The predicted octanol–water partition coefficient (Wildman–Crippen LogP) is 3.11. The second kappa shape index (κ2) is 20.3. The molecule has 4 amide bonds. The van der Waals surface area contributed by atoms with Gasteiger partial charge in [-0.25, -0.2) is 9.59 Å². The molecular formula is C35H48N4O9. The standard InChI is InChI=1S/C35H48N4O9/c1-22(2)18-27(32(43)36-26(16-17-30(40)41)31(42)38-29(19-23(3)4)34(45)47-5)37-33(44)28(20-24-12-8-6-9-13-24)39-35(46)48-21-25-14-10-7-11-15-25/h6-15,22-23,26-29H,16-21H2,1-5H3,(H,36,43)(H,37,44)(H,38,42)(H,39,46)(H,40,41)/t26-,27-,28-,29-/m0/s1. The van der Waals surface area contributed by atoms with Gasteiger partial charge in [-0.1, -0.05) is 88.4 Å². The van der Waals surface area contributed by atoms with E-state index in [0.717, 1.165) is 11.1 Å². The van der Waals surface area contributed by atoms with Crippen LogP contribution in [0.3, 0.4) is 0 Å². The molecule has 5 N–H and O–H groups in total. The van der Waals surface area contributed by atoms with Gasteiger partial charge in [0.25, 0.3) is 0 Å². The van der Waals surface area contributed by atoms with Gasteiger partial charge in [-0.05, 0) is 42.2 Å². The lowest BCUT2D eigenvalue weighted by Crippen LogP contribution is -2.58. The van der Waals surface area contributed by atoms with Crippen molar-refractivity contribution in [1.82, 2.24) is 21.3 Å². The van der Waals surface area contributed by atoms with Crippen molar-refractivity contribution in [3.05, 3.63) is 71.8 Å². The minimum Gasteiger partial charge on any atom is -0.481 e. The average molecular weight is 669 g/mol. The molecule has 13 nitrogen and oxygen atoms in total. The second-order valence-corrected chi connectivity index (χ2v) is 12.3. The maximum Gasteiger partial charge on any atom is 0.408 e. The van der Waals surface area contributed by atoms with Crippen molar-refractivity contribution in [2.75, 3.05) is 7.11 Å². The van der Waals surface area contributed by atoms with Crippen molar-refractivity contribution >= 4 is 35.8 Å². The Morgan fingerprint density at radius 1 is 0.646 bits per heavy atom. The van der Waals surface area contributed by atoms with Crippen LogP contribution in [0.2, 0.25) is 0 Å². The molecule has 262 valence electrons. The third-order valence-corrected chi connectivity index (χ3v) is 7.23. The highest BCUT2D eigenvalue weighted by molar-refractivity contribution is 5.95. The summed E-state index contributed by atoms with van der Waals surface area (Å²) >= 11 is 0. The van der Waals surface area contributed by atoms with Crippen molar-refractivity contribution in [3.63, 3.8) is 0 Å². The Kier molecular flexibility index (Phi) is 16.6. The van der Waals surface area contributed by atoms with Crippen molar-refractivity contribution in [2.45, 2.75) is 90.6 Å². The summed E-state index contributed by atoms with van der Waals surface area (Å²) in [5, 5.41) is 19.7. The number of nitrogens with one attached hydrogen (secondary N) is 4. The van der Waals surface area contributed by atoms with E-state index in [-0.39, 0.29) is 44.1 Å². The van der Waals surface area contributed by atoms with Gasteiger partial charge in [0.1, 0.15) is 30.8 Å². The van der Waals surface area contributed by atoms with E-state index >= 15 is 0 Å². The number of amides is 4. The van der Waals surface area contributed by atoms with Crippen LogP contribution in [0.5, 0.6) is 0 Å². The molecule has 0 aromatic heterocycles. The quantitative estimate of drug-likeness (QED) is 0.140. The molecule has 2 aromatic carbocycles. The van der Waals surface area contributed by atoms with Crippen LogP contribution in [0, 0.1) is 11.8 Å². The Morgan fingerprint density at radius 2 is 1.12 bits per heavy atom. The maximum atomic E-state index is 13.7. The first-order chi connectivity index (χ1) is 22.8. The van der Waals surface area contributed by atoms with Crippen LogP contribution in [0.25, 0.3) is 0 Å². The zero-order chi connectivity index (χ0) is 35.6. The van der Waals surface area contributed by atoms with E-state index in [4.69, 9.17) is 9.47 Å². The normalized spacial score (nSPS) is 13.4. The summed E-state index contributed by atoms with van der Waals surface area (Å²) in [4.78, 5) is 77.1. The van der Waals surface area contributed by atoms with Gasteiger partial charge in [0.2, 0.25) is 17.7 Å². The zero-order valence-corrected chi connectivity index (χ0v) is 28.2. The lowest BCUT2D eigenvalue weighted by atomic mass is 10.00. The van der Waals surface area contributed by atoms with E-state index in [1.807, 2.05) is 39.8 Å². The van der Waals surface area contributed by atoms with Crippen molar-refractivity contribution < 1.29 is 43.3 Å². The molecule has 0 unspecified atom stereocenters. The van der Waals surface area contributed by atoms with Gasteiger partial charge in [0, 0.05) is 12.8 Å². The predicted molar refractivity (Wildman–Crippen MR) is 177 cm³/mol. The lowest BCUT2D eigenvalue weighted by molar-refractivity contribution is -0.146. The molecule has 0 bridgehead atoms. The van der Waals surface area contributed by atoms with Crippen LogP contribution in [0.4, 0.5) is 4.79 Å². The average Bonchev–Trinajstić information content (AvgIpc) is 3.04. The fourth-order valence-corrected chi connectivity index (χ4v) is 4.85.